The van der Waals surface area contributed by atoms with Crippen molar-refractivity contribution in [2.24, 2.45) is 0 Å². The summed E-state index contributed by atoms with van der Waals surface area (Å²) in [4.78, 5) is 22.3. The first-order chi connectivity index (χ1) is 6.54. The fraction of sp³-hybridized carbons (Fsp3) is 0.273. The van der Waals surface area contributed by atoms with Gasteiger partial charge in [0.25, 0.3) is 0 Å². The van der Waals surface area contributed by atoms with E-state index in [4.69, 9.17) is 0 Å². The van der Waals surface area contributed by atoms with Crippen LogP contribution in [0.15, 0.2) is 18.2 Å². The van der Waals surface area contributed by atoms with E-state index in [0.717, 1.165) is 5.56 Å². The Morgan fingerprint density at radius 2 is 1.71 bits per heavy atom. The summed E-state index contributed by atoms with van der Waals surface area (Å²) in [6.07, 6.45) is 0. The molecule has 3 nitrogen and oxygen atoms in total. The molecule has 0 aliphatic rings. The Morgan fingerprint density at radius 3 is 2.21 bits per heavy atom. The average molecular weight is 192 g/mol. The monoisotopic (exact) mass is 192 g/mol. The summed E-state index contributed by atoms with van der Waals surface area (Å²) >= 11 is 0. The number of ketones is 1. The Kier molecular flexibility index (Phi) is 3.02. The zero-order chi connectivity index (χ0) is 10.7. The zero-order valence-corrected chi connectivity index (χ0v) is 8.46. The van der Waals surface area contributed by atoms with Gasteiger partial charge >= 0.3 is 5.97 Å². The highest BCUT2D eigenvalue weighted by Gasteiger charge is 2.09. The van der Waals surface area contributed by atoms with Gasteiger partial charge in [-0.1, -0.05) is 0 Å². The Bertz CT molecular complexity index is 380. The molecule has 0 aliphatic heterocycles. The van der Waals surface area contributed by atoms with Crippen molar-refractivity contribution in [2.45, 2.75) is 13.8 Å². The van der Waals surface area contributed by atoms with Crippen molar-refractivity contribution in [3.63, 3.8) is 0 Å². The molecule has 0 saturated carbocycles. The van der Waals surface area contributed by atoms with Gasteiger partial charge in [0.15, 0.2) is 5.78 Å². The van der Waals surface area contributed by atoms with Gasteiger partial charge in [0.1, 0.15) is 0 Å². The minimum atomic E-state index is -0.420. The van der Waals surface area contributed by atoms with Gasteiger partial charge in [0.05, 0.1) is 12.7 Å². The van der Waals surface area contributed by atoms with E-state index in [0.29, 0.717) is 11.1 Å². The first-order valence-corrected chi connectivity index (χ1v) is 4.25. The Morgan fingerprint density at radius 1 is 1.14 bits per heavy atom. The maximum absolute atomic E-state index is 11.2. The van der Waals surface area contributed by atoms with Crippen LogP contribution < -0.4 is 0 Å². The number of carbonyl (C=O) groups is 2. The van der Waals surface area contributed by atoms with Gasteiger partial charge < -0.3 is 4.74 Å². The van der Waals surface area contributed by atoms with Crippen molar-refractivity contribution in [3.8, 4) is 0 Å². The number of methoxy groups -OCH3 is 1. The molecule has 0 aromatic heterocycles. The number of ether oxygens (including phenoxy) is 1. The molecule has 0 heterocycles. The van der Waals surface area contributed by atoms with Crippen molar-refractivity contribution in [2.75, 3.05) is 7.11 Å². The molecule has 0 aliphatic carbocycles. The van der Waals surface area contributed by atoms with E-state index >= 15 is 0 Å². The molecule has 1 aromatic carbocycles. The highest BCUT2D eigenvalue weighted by molar-refractivity contribution is 5.98. The van der Waals surface area contributed by atoms with E-state index in [-0.39, 0.29) is 5.78 Å². The Labute approximate surface area is 82.7 Å². The van der Waals surface area contributed by atoms with Crippen molar-refractivity contribution in [3.05, 3.63) is 34.9 Å². The first-order valence-electron chi connectivity index (χ1n) is 4.25. The molecule has 1 aromatic rings. The van der Waals surface area contributed by atoms with Gasteiger partial charge in [-0.15, -0.1) is 0 Å². The zero-order valence-electron chi connectivity index (χ0n) is 8.46. The van der Waals surface area contributed by atoms with Gasteiger partial charge in [-0.25, -0.2) is 4.79 Å². The summed E-state index contributed by atoms with van der Waals surface area (Å²) in [7, 11) is 1.32. The van der Waals surface area contributed by atoms with Crippen molar-refractivity contribution < 1.29 is 14.3 Å². The largest absolute Gasteiger partial charge is 0.465 e. The third kappa shape index (κ3) is 2.19. The molecular formula is C11H12O3. The fourth-order valence-corrected chi connectivity index (χ4v) is 1.22. The molecule has 0 atom stereocenters. The lowest BCUT2D eigenvalue weighted by Crippen LogP contribution is -2.04. The van der Waals surface area contributed by atoms with Crippen LogP contribution >= 0.6 is 0 Å². The van der Waals surface area contributed by atoms with Crippen molar-refractivity contribution >= 4 is 11.8 Å². The van der Waals surface area contributed by atoms with E-state index in [9.17, 15) is 9.59 Å². The Hall–Kier alpha value is -1.64. The van der Waals surface area contributed by atoms with Crippen LogP contribution in [0, 0.1) is 6.92 Å². The molecule has 1 rings (SSSR count). The lowest BCUT2D eigenvalue weighted by atomic mass is 10.0. The topological polar surface area (TPSA) is 43.4 Å². The number of benzene rings is 1. The minimum absolute atomic E-state index is 0.0566. The minimum Gasteiger partial charge on any atom is -0.465 e. The summed E-state index contributed by atoms with van der Waals surface area (Å²) < 4.78 is 4.58. The molecular weight excluding hydrogens is 180 g/mol. The van der Waals surface area contributed by atoms with E-state index in [1.54, 1.807) is 18.2 Å². The second-order valence-electron chi connectivity index (χ2n) is 3.14. The highest BCUT2D eigenvalue weighted by atomic mass is 16.5. The maximum atomic E-state index is 11.2. The van der Waals surface area contributed by atoms with Gasteiger partial charge in [-0.2, -0.15) is 0 Å². The second-order valence-corrected chi connectivity index (χ2v) is 3.14. The number of Topliss-reactive ketones (excluding diaryl/α,β-unsaturated/α-hetero) is 1. The number of rotatable bonds is 2. The number of carbonyl (C=O) groups excluding carboxylic acids is 2. The van der Waals surface area contributed by atoms with E-state index in [2.05, 4.69) is 4.74 Å². The third-order valence-electron chi connectivity index (χ3n) is 1.90. The molecule has 74 valence electrons. The molecule has 0 fully saturated rings. The van der Waals surface area contributed by atoms with E-state index < -0.39 is 5.97 Å². The van der Waals surface area contributed by atoms with Crippen molar-refractivity contribution in [1.82, 2.24) is 0 Å². The number of hydrogen-bond acceptors (Lipinski definition) is 3. The summed E-state index contributed by atoms with van der Waals surface area (Å²) in [6, 6.07) is 4.98. The molecule has 14 heavy (non-hydrogen) atoms. The van der Waals surface area contributed by atoms with Crippen LogP contribution in [0.3, 0.4) is 0 Å². The van der Waals surface area contributed by atoms with Gasteiger partial charge in [0.2, 0.25) is 0 Å². The lowest BCUT2D eigenvalue weighted by molar-refractivity contribution is 0.0600. The highest BCUT2D eigenvalue weighted by Crippen LogP contribution is 2.11. The van der Waals surface area contributed by atoms with Crippen LogP contribution in [0.1, 0.15) is 33.2 Å². The summed E-state index contributed by atoms with van der Waals surface area (Å²) in [5, 5.41) is 0. The third-order valence-corrected chi connectivity index (χ3v) is 1.90. The van der Waals surface area contributed by atoms with E-state index in [1.807, 2.05) is 6.92 Å². The molecule has 0 spiro atoms. The normalized spacial score (nSPS) is 9.64. The van der Waals surface area contributed by atoms with Crippen LogP contribution in [-0.4, -0.2) is 18.9 Å². The van der Waals surface area contributed by atoms with Gasteiger partial charge in [-0.05, 0) is 37.6 Å². The average Bonchev–Trinajstić information content (AvgIpc) is 2.15. The molecule has 3 heteroatoms. The van der Waals surface area contributed by atoms with Gasteiger partial charge in [-0.3, -0.25) is 4.79 Å². The van der Waals surface area contributed by atoms with Crippen LogP contribution in [-0.2, 0) is 4.74 Å². The summed E-state index contributed by atoms with van der Waals surface area (Å²) in [5.74, 6) is -0.477. The smallest absolute Gasteiger partial charge is 0.337 e. The lowest BCUT2D eigenvalue weighted by Gasteiger charge is -2.03. The van der Waals surface area contributed by atoms with Crippen LogP contribution in [0.4, 0.5) is 0 Å². The predicted octanol–water partition coefficient (Wildman–Crippen LogP) is 1.98. The Balaban J connectivity index is 3.20. The first kappa shape index (κ1) is 10.4. The fourth-order valence-electron chi connectivity index (χ4n) is 1.22. The quantitative estimate of drug-likeness (QED) is 0.531. The second kappa shape index (κ2) is 4.05. The summed E-state index contributed by atoms with van der Waals surface area (Å²) in [6.45, 7) is 3.30. The molecule has 0 unspecified atom stereocenters. The van der Waals surface area contributed by atoms with Crippen LogP contribution in [0.2, 0.25) is 0 Å². The molecule has 0 radical (unpaired) electrons. The summed E-state index contributed by atoms with van der Waals surface area (Å²) in [5.41, 5.74) is 1.82. The van der Waals surface area contributed by atoms with E-state index in [1.165, 1.54) is 14.0 Å². The molecule has 0 saturated heterocycles. The molecule has 0 bridgehead atoms. The SMILES string of the molecule is COC(=O)c1cc(C)cc(C(C)=O)c1. The van der Waals surface area contributed by atoms with Crippen LogP contribution in [0.5, 0.6) is 0 Å². The van der Waals surface area contributed by atoms with Crippen molar-refractivity contribution in [1.29, 1.82) is 0 Å². The number of aryl methyl sites for hydroxylation is 1. The van der Waals surface area contributed by atoms with Gasteiger partial charge in [0, 0.05) is 5.56 Å². The maximum Gasteiger partial charge on any atom is 0.337 e. The van der Waals surface area contributed by atoms with Crippen LogP contribution in [0.25, 0.3) is 0 Å². The predicted molar refractivity (Wildman–Crippen MR) is 52.5 cm³/mol. The molecule has 0 amide bonds. The number of esters is 1. The standard InChI is InChI=1S/C11H12O3/c1-7-4-9(8(2)12)6-10(5-7)11(13)14-3/h4-6H,1-3H3. The number of hydrogen-bond donors (Lipinski definition) is 0. The molecule has 0 N–H and O–H groups in total.